The van der Waals surface area contributed by atoms with Crippen LogP contribution < -0.4 is 14.8 Å². The molecule has 0 unspecified atom stereocenters. The van der Waals surface area contributed by atoms with Crippen molar-refractivity contribution in [3.63, 3.8) is 0 Å². The number of methoxy groups -OCH3 is 1. The Hall–Kier alpha value is -1.56. The summed E-state index contributed by atoms with van der Waals surface area (Å²) in [6.07, 6.45) is -0.605. The Morgan fingerprint density at radius 1 is 1.15 bits per heavy atom. The third-order valence-electron chi connectivity index (χ3n) is 3.54. The van der Waals surface area contributed by atoms with Gasteiger partial charge in [0.15, 0.2) is 17.6 Å². The van der Waals surface area contributed by atoms with E-state index in [-0.39, 0.29) is 5.91 Å². The fraction of sp³-hybridized carbons (Fsp3) is 0.316. The van der Waals surface area contributed by atoms with E-state index in [2.05, 4.69) is 5.32 Å². The van der Waals surface area contributed by atoms with Crippen molar-refractivity contribution in [1.29, 1.82) is 0 Å². The molecule has 2 aromatic carbocycles. The number of thioether (sulfide) groups is 1. The number of ether oxygens (including phenoxy) is 2. The van der Waals surface area contributed by atoms with Crippen LogP contribution in [0, 0.1) is 0 Å². The van der Waals surface area contributed by atoms with E-state index in [4.69, 9.17) is 32.7 Å². The molecule has 0 saturated heterocycles. The van der Waals surface area contributed by atoms with Gasteiger partial charge in [0.05, 0.1) is 17.2 Å². The normalized spacial score (nSPS) is 11.7. The van der Waals surface area contributed by atoms with Crippen molar-refractivity contribution in [2.75, 3.05) is 19.4 Å². The molecule has 0 aliphatic heterocycles. The van der Waals surface area contributed by atoms with Crippen LogP contribution in [0.4, 0.5) is 0 Å². The quantitative estimate of drug-likeness (QED) is 0.598. The lowest BCUT2D eigenvalue weighted by Crippen LogP contribution is -2.37. The maximum Gasteiger partial charge on any atom is 0.260 e. The van der Waals surface area contributed by atoms with E-state index in [9.17, 15) is 4.79 Å². The lowest BCUT2D eigenvalue weighted by molar-refractivity contribution is -0.127. The van der Waals surface area contributed by atoms with E-state index in [1.54, 1.807) is 44.0 Å². The van der Waals surface area contributed by atoms with Crippen LogP contribution in [0.5, 0.6) is 11.5 Å². The summed E-state index contributed by atoms with van der Waals surface area (Å²) in [5.41, 5.74) is 1.10. The molecule has 0 bridgehead atoms. The third-order valence-corrected chi connectivity index (χ3v) is 5.31. The summed E-state index contributed by atoms with van der Waals surface area (Å²) in [7, 11) is 1.57. The lowest BCUT2D eigenvalue weighted by Gasteiger charge is -2.16. The number of hydrogen-bond acceptors (Lipinski definition) is 4. The van der Waals surface area contributed by atoms with Gasteiger partial charge in [-0.3, -0.25) is 4.79 Å². The Morgan fingerprint density at radius 3 is 2.58 bits per heavy atom. The molecule has 4 nitrogen and oxygen atoms in total. The predicted octanol–water partition coefficient (Wildman–Crippen LogP) is 4.82. The highest BCUT2D eigenvalue weighted by molar-refractivity contribution is 7.98. The molecule has 0 saturated carbocycles. The van der Waals surface area contributed by atoms with Gasteiger partial charge in [-0.05, 0) is 36.8 Å². The number of carbonyl (C=O) groups is 1. The molecule has 0 radical (unpaired) electrons. The highest BCUT2D eigenvalue weighted by Gasteiger charge is 2.16. The molecule has 0 spiro atoms. The first-order chi connectivity index (χ1) is 12.5. The minimum atomic E-state index is -0.605. The van der Waals surface area contributed by atoms with Crippen LogP contribution >= 0.6 is 35.0 Å². The van der Waals surface area contributed by atoms with E-state index in [1.165, 1.54) is 0 Å². The number of benzene rings is 2. The number of halogens is 2. The first kappa shape index (κ1) is 20.7. The second-order valence-corrected chi connectivity index (χ2v) is 7.42. The molecular weight excluding hydrogens is 393 g/mol. The number of carbonyl (C=O) groups excluding carboxylic acids is 1. The Morgan fingerprint density at radius 2 is 1.88 bits per heavy atom. The Balaban J connectivity index is 1.70. The molecule has 140 valence electrons. The molecule has 1 amide bonds. The summed E-state index contributed by atoms with van der Waals surface area (Å²) in [5.74, 6) is 2.58. The summed E-state index contributed by atoms with van der Waals surface area (Å²) >= 11 is 13.6. The lowest BCUT2D eigenvalue weighted by atomic mass is 10.2. The van der Waals surface area contributed by atoms with Gasteiger partial charge in [0.1, 0.15) is 0 Å². The number of hydrogen-bond donors (Lipinski definition) is 1. The molecule has 1 N–H and O–H groups in total. The minimum absolute atomic E-state index is 0.161. The second kappa shape index (κ2) is 10.6. The van der Waals surface area contributed by atoms with Gasteiger partial charge < -0.3 is 14.8 Å². The van der Waals surface area contributed by atoms with Crippen molar-refractivity contribution in [3.05, 3.63) is 58.1 Å². The van der Waals surface area contributed by atoms with E-state index < -0.39 is 6.10 Å². The minimum Gasteiger partial charge on any atom is -0.493 e. The van der Waals surface area contributed by atoms with Gasteiger partial charge in [-0.1, -0.05) is 41.4 Å². The number of rotatable bonds is 9. The van der Waals surface area contributed by atoms with Crippen LogP contribution in [0.25, 0.3) is 0 Å². The number of nitrogens with one attached hydrogen (secondary N) is 1. The monoisotopic (exact) mass is 413 g/mol. The SMILES string of the molecule is COc1ccccc1O[C@@H](C)C(=O)NCCSCc1ccc(Cl)c(Cl)c1. The summed E-state index contributed by atoms with van der Waals surface area (Å²) in [5, 5.41) is 3.98. The molecule has 1 atom stereocenters. The topological polar surface area (TPSA) is 47.6 Å². The Labute approximate surface area is 168 Å². The van der Waals surface area contributed by atoms with E-state index >= 15 is 0 Å². The first-order valence-corrected chi connectivity index (χ1v) is 10.0. The van der Waals surface area contributed by atoms with Crippen molar-refractivity contribution in [1.82, 2.24) is 5.32 Å². The Kier molecular flexibility index (Phi) is 8.42. The van der Waals surface area contributed by atoms with Crippen molar-refractivity contribution in [3.8, 4) is 11.5 Å². The van der Waals surface area contributed by atoms with Crippen molar-refractivity contribution in [2.24, 2.45) is 0 Å². The molecule has 26 heavy (non-hydrogen) atoms. The van der Waals surface area contributed by atoms with Gasteiger partial charge in [0.25, 0.3) is 5.91 Å². The molecule has 0 aromatic heterocycles. The largest absolute Gasteiger partial charge is 0.493 e. The Bertz CT molecular complexity index is 742. The van der Waals surface area contributed by atoms with E-state index in [0.717, 1.165) is 17.1 Å². The van der Waals surface area contributed by atoms with Crippen LogP contribution in [0.2, 0.25) is 10.0 Å². The maximum atomic E-state index is 12.1. The van der Waals surface area contributed by atoms with Crippen LogP contribution in [0.15, 0.2) is 42.5 Å². The van der Waals surface area contributed by atoms with Crippen LogP contribution in [-0.2, 0) is 10.5 Å². The fourth-order valence-corrected chi connectivity index (χ4v) is 3.30. The van der Waals surface area contributed by atoms with Crippen LogP contribution in [0.1, 0.15) is 12.5 Å². The van der Waals surface area contributed by atoms with Crippen LogP contribution in [-0.4, -0.2) is 31.4 Å². The van der Waals surface area contributed by atoms with E-state index in [0.29, 0.717) is 28.1 Å². The summed E-state index contributed by atoms with van der Waals surface area (Å²) in [6, 6.07) is 12.8. The molecule has 0 aliphatic carbocycles. The van der Waals surface area contributed by atoms with Crippen molar-refractivity contribution < 1.29 is 14.3 Å². The second-order valence-electron chi connectivity index (χ2n) is 5.50. The standard InChI is InChI=1S/C19H21Cl2NO3S/c1-13(25-18-6-4-3-5-17(18)24-2)19(23)22-9-10-26-12-14-7-8-15(20)16(21)11-14/h3-8,11,13H,9-10,12H2,1-2H3,(H,22,23)/t13-/m0/s1. The average Bonchev–Trinajstić information content (AvgIpc) is 2.64. The molecule has 0 aliphatic rings. The molecule has 7 heteroatoms. The van der Waals surface area contributed by atoms with Gasteiger partial charge >= 0.3 is 0 Å². The van der Waals surface area contributed by atoms with E-state index in [1.807, 2.05) is 24.3 Å². The smallest absolute Gasteiger partial charge is 0.260 e. The summed E-state index contributed by atoms with van der Waals surface area (Å²) < 4.78 is 10.9. The van der Waals surface area contributed by atoms with Gasteiger partial charge in [-0.2, -0.15) is 11.8 Å². The average molecular weight is 414 g/mol. The third kappa shape index (κ3) is 6.31. The molecule has 2 rings (SSSR count). The molecule has 0 heterocycles. The zero-order chi connectivity index (χ0) is 18.9. The first-order valence-electron chi connectivity index (χ1n) is 8.10. The van der Waals surface area contributed by atoms with Crippen molar-refractivity contribution >= 4 is 40.9 Å². The highest BCUT2D eigenvalue weighted by Crippen LogP contribution is 2.27. The van der Waals surface area contributed by atoms with Crippen LogP contribution in [0.3, 0.4) is 0 Å². The van der Waals surface area contributed by atoms with Gasteiger partial charge in [-0.15, -0.1) is 0 Å². The number of para-hydroxylation sites is 2. The van der Waals surface area contributed by atoms with Gasteiger partial charge in [-0.25, -0.2) is 0 Å². The van der Waals surface area contributed by atoms with Crippen molar-refractivity contribution in [2.45, 2.75) is 18.8 Å². The maximum absolute atomic E-state index is 12.1. The fourth-order valence-electron chi connectivity index (χ4n) is 2.17. The zero-order valence-corrected chi connectivity index (χ0v) is 17.0. The predicted molar refractivity (Wildman–Crippen MR) is 109 cm³/mol. The molecule has 2 aromatic rings. The highest BCUT2D eigenvalue weighted by atomic mass is 35.5. The summed E-state index contributed by atoms with van der Waals surface area (Å²) in [6.45, 7) is 2.27. The van der Waals surface area contributed by atoms with Gasteiger partial charge in [0, 0.05) is 18.1 Å². The number of amides is 1. The molecular formula is C19H21Cl2NO3S. The molecule has 0 fully saturated rings. The summed E-state index contributed by atoms with van der Waals surface area (Å²) in [4.78, 5) is 12.1. The zero-order valence-electron chi connectivity index (χ0n) is 14.6. The van der Waals surface area contributed by atoms with Gasteiger partial charge in [0.2, 0.25) is 0 Å².